The molecule has 0 fully saturated rings. The van der Waals surface area contributed by atoms with Gasteiger partial charge in [0.2, 0.25) is 0 Å². The quantitative estimate of drug-likeness (QED) is 0.736. The molecule has 1 aliphatic carbocycles. The van der Waals surface area contributed by atoms with Gasteiger partial charge < -0.3 is 4.98 Å². The first-order chi connectivity index (χ1) is 8.36. The third-order valence-electron chi connectivity index (χ3n) is 3.73. The van der Waals surface area contributed by atoms with Crippen LogP contribution in [0.3, 0.4) is 0 Å². The Morgan fingerprint density at radius 1 is 0.882 bits per heavy atom. The van der Waals surface area contributed by atoms with E-state index in [2.05, 4.69) is 11.1 Å². The van der Waals surface area contributed by atoms with Gasteiger partial charge in [0.05, 0.1) is 0 Å². The molecule has 0 spiro atoms. The maximum atomic E-state index is 12.0. The molecule has 1 aliphatic rings. The average Bonchev–Trinajstić information content (AvgIpc) is 2.32. The fraction of sp³-hybridized carbons (Fsp3) is 0.400. The van der Waals surface area contributed by atoms with Gasteiger partial charge in [0.25, 0.3) is 5.56 Å². The molecule has 2 heteroatoms. The zero-order valence-corrected chi connectivity index (χ0v) is 9.96. The summed E-state index contributed by atoms with van der Waals surface area (Å²) in [5, 5.41) is 2.00. The molecular formula is C15H17NO. The summed E-state index contributed by atoms with van der Waals surface area (Å²) in [6.45, 7) is 0. The van der Waals surface area contributed by atoms with Gasteiger partial charge in [-0.3, -0.25) is 4.79 Å². The molecule has 2 aromatic rings. The van der Waals surface area contributed by atoms with Crippen molar-refractivity contribution in [1.82, 2.24) is 4.98 Å². The number of aryl methyl sites for hydroxylation is 2. The molecular weight excluding hydrogens is 210 g/mol. The molecule has 0 bridgehead atoms. The van der Waals surface area contributed by atoms with Crippen LogP contribution in [0.5, 0.6) is 0 Å². The van der Waals surface area contributed by atoms with Gasteiger partial charge >= 0.3 is 0 Å². The lowest BCUT2D eigenvalue weighted by atomic mass is 9.93. The van der Waals surface area contributed by atoms with E-state index in [9.17, 15) is 4.79 Å². The molecule has 2 nitrogen and oxygen atoms in total. The lowest BCUT2D eigenvalue weighted by Crippen LogP contribution is -2.14. The second kappa shape index (κ2) is 4.36. The molecule has 0 unspecified atom stereocenters. The molecule has 0 saturated heterocycles. The van der Waals surface area contributed by atoms with Crippen molar-refractivity contribution in [3.8, 4) is 0 Å². The molecule has 1 N–H and O–H groups in total. The number of aromatic nitrogens is 1. The predicted molar refractivity (Wildman–Crippen MR) is 70.4 cm³/mol. The molecule has 0 amide bonds. The number of pyridine rings is 1. The van der Waals surface area contributed by atoms with E-state index in [1.807, 2.05) is 18.2 Å². The lowest BCUT2D eigenvalue weighted by molar-refractivity contribution is 0.610. The van der Waals surface area contributed by atoms with Gasteiger partial charge in [0, 0.05) is 11.1 Å². The van der Waals surface area contributed by atoms with Crippen molar-refractivity contribution in [3.63, 3.8) is 0 Å². The Morgan fingerprint density at radius 3 is 2.41 bits per heavy atom. The van der Waals surface area contributed by atoms with E-state index in [0.29, 0.717) is 0 Å². The number of fused-ring (bicyclic) bond motifs is 3. The highest BCUT2D eigenvalue weighted by Crippen LogP contribution is 2.24. The first-order valence-corrected chi connectivity index (χ1v) is 6.49. The molecule has 0 radical (unpaired) electrons. The zero-order valence-electron chi connectivity index (χ0n) is 9.96. The Balaban J connectivity index is 2.28. The second-order valence-corrected chi connectivity index (χ2v) is 4.87. The number of benzene rings is 1. The van der Waals surface area contributed by atoms with E-state index in [1.165, 1.54) is 36.9 Å². The standard InChI is InChI=1S/C15H17NO/c17-15-13-9-6-5-7-11(13)12-8-3-1-2-4-10-14(12)16-15/h5-7,9H,1-4,8,10H2,(H,16,17). The predicted octanol–water partition coefficient (Wildman–Crippen LogP) is 3.19. The van der Waals surface area contributed by atoms with Crippen molar-refractivity contribution >= 4 is 10.8 Å². The monoisotopic (exact) mass is 227 g/mol. The topological polar surface area (TPSA) is 32.9 Å². The zero-order chi connectivity index (χ0) is 11.7. The van der Waals surface area contributed by atoms with Crippen LogP contribution in [0.4, 0.5) is 0 Å². The fourth-order valence-electron chi connectivity index (χ4n) is 2.84. The van der Waals surface area contributed by atoms with Crippen molar-refractivity contribution in [2.24, 2.45) is 0 Å². The van der Waals surface area contributed by atoms with E-state index in [0.717, 1.165) is 23.6 Å². The van der Waals surface area contributed by atoms with Crippen LogP contribution in [-0.4, -0.2) is 4.98 Å². The Hall–Kier alpha value is -1.57. The minimum atomic E-state index is 0.0694. The van der Waals surface area contributed by atoms with Crippen LogP contribution in [0.25, 0.3) is 10.8 Å². The summed E-state index contributed by atoms with van der Waals surface area (Å²) in [6.07, 6.45) is 7.16. The highest BCUT2D eigenvalue weighted by molar-refractivity contribution is 5.85. The van der Waals surface area contributed by atoms with E-state index in [4.69, 9.17) is 0 Å². The minimum absolute atomic E-state index is 0.0694. The summed E-state index contributed by atoms with van der Waals surface area (Å²) in [7, 11) is 0. The summed E-state index contributed by atoms with van der Waals surface area (Å²) in [5.74, 6) is 0. The van der Waals surface area contributed by atoms with Gasteiger partial charge in [-0.15, -0.1) is 0 Å². The molecule has 17 heavy (non-hydrogen) atoms. The van der Waals surface area contributed by atoms with Crippen LogP contribution in [0.15, 0.2) is 29.1 Å². The SMILES string of the molecule is O=c1[nH]c2c(c3ccccc13)CCCCCC2. The van der Waals surface area contributed by atoms with Gasteiger partial charge in [0.15, 0.2) is 0 Å². The van der Waals surface area contributed by atoms with Gasteiger partial charge in [-0.1, -0.05) is 31.0 Å². The third kappa shape index (κ3) is 1.88. The number of nitrogens with one attached hydrogen (secondary N) is 1. The molecule has 1 aromatic heterocycles. The molecule has 0 aliphatic heterocycles. The maximum Gasteiger partial charge on any atom is 0.256 e. The molecule has 1 aromatic carbocycles. The molecule has 3 rings (SSSR count). The summed E-state index contributed by atoms with van der Waals surface area (Å²) in [6, 6.07) is 7.98. The summed E-state index contributed by atoms with van der Waals surface area (Å²) < 4.78 is 0. The fourth-order valence-corrected chi connectivity index (χ4v) is 2.84. The first-order valence-electron chi connectivity index (χ1n) is 6.49. The average molecular weight is 227 g/mol. The Bertz CT molecular complexity index is 597. The van der Waals surface area contributed by atoms with Crippen LogP contribution in [0.1, 0.15) is 36.9 Å². The number of aromatic amines is 1. The number of hydrogen-bond donors (Lipinski definition) is 1. The number of H-pyrrole nitrogens is 1. The van der Waals surface area contributed by atoms with Gasteiger partial charge in [-0.25, -0.2) is 0 Å². The van der Waals surface area contributed by atoms with Gasteiger partial charge in [-0.05, 0) is 42.7 Å². The Labute approximate surface area is 101 Å². The first kappa shape index (κ1) is 10.6. The molecule has 1 heterocycles. The van der Waals surface area contributed by atoms with E-state index in [-0.39, 0.29) is 5.56 Å². The van der Waals surface area contributed by atoms with E-state index < -0.39 is 0 Å². The molecule has 0 saturated carbocycles. The smallest absolute Gasteiger partial charge is 0.256 e. The third-order valence-corrected chi connectivity index (χ3v) is 3.73. The van der Waals surface area contributed by atoms with Crippen LogP contribution in [0, 0.1) is 0 Å². The maximum absolute atomic E-state index is 12.0. The van der Waals surface area contributed by atoms with Crippen molar-refractivity contribution in [2.45, 2.75) is 38.5 Å². The summed E-state index contributed by atoms with van der Waals surface area (Å²) in [5.41, 5.74) is 2.62. The van der Waals surface area contributed by atoms with Crippen LogP contribution in [-0.2, 0) is 12.8 Å². The van der Waals surface area contributed by atoms with Crippen molar-refractivity contribution < 1.29 is 0 Å². The number of hydrogen-bond acceptors (Lipinski definition) is 1. The molecule has 0 atom stereocenters. The number of rotatable bonds is 0. The second-order valence-electron chi connectivity index (χ2n) is 4.87. The highest BCUT2D eigenvalue weighted by Gasteiger charge is 2.12. The van der Waals surface area contributed by atoms with Crippen molar-refractivity contribution in [2.75, 3.05) is 0 Å². The van der Waals surface area contributed by atoms with Crippen molar-refractivity contribution in [1.29, 1.82) is 0 Å². The minimum Gasteiger partial charge on any atom is -0.325 e. The van der Waals surface area contributed by atoms with Crippen LogP contribution < -0.4 is 5.56 Å². The van der Waals surface area contributed by atoms with E-state index in [1.54, 1.807) is 0 Å². The Morgan fingerprint density at radius 2 is 1.59 bits per heavy atom. The van der Waals surface area contributed by atoms with Crippen LogP contribution in [0.2, 0.25) is 0 Å². The normalized spacial score (nSPS) is 16.2. The summed E-state index contributed by atoms with van der Waals surface area (Å²) >= 11 is 0. The lowest BCUT2D eigenvalue weighted by Gasteiger charge is -2.15. The van der Waals surface area contributed by atoms with Crippen LogP contribution >= 0.6 is 0 Å². The largest absolute Gasteiger partial charge is 0.325 e. The highest BCUT2D eigenvalue weighted by atomic mass is 16.1. The van der Waals surface area contributed by atoms with Gasteiger partial charge in [0.1, 0.15) is 0 Å². The Kier molecular flexibility index (Phi) is 2.71. The van der Waals surface area contributed by atoms with Gasteiger partial charge in [-0.2, -0.15) is 0 Å². The van der Waals surface area contributed by atoms with E-state index >= 15 is 0 Å². The molecule has 88 valence electrons. The van der Waals surface area contributed by atoms with Crippen molar-refractivity contribution in [3.05, 3.63) is 45.9 Å². The summed E-state index contributed by atoms with van der Waals surface area (Å²) in [4.78, 5) is 15.1.